The molecule has 224 valence electrons. The summed E-state index contributed by atoms with van der Waals surface area (Å²) < 4.78 is 11.5. The maximum absolute atomic E-state index is 14.1. The molecule has 7 nitrogen and oxygen atoms in total. The van der Waals surface area contributed by atoms with E-state index < -0.39 is 17.8 Å². The van der Waals surface area contributed by atoms with Crippen molar-refractivity contribution in [1.29, 1.82) is 0 Å². The van der Waals surface area contributed by atoms with Crippen LogP contribution < -0.4 is 19.3 Å². The molecule has 0 N–H and O–H groups in total. The zero-order valence-electron chi connectivity index (χ0n) is 24.3. The van der Waals surface area contributed by atoms with Gasteiger partial charge in [-0.2, -0.15) is 0 Å². The number of benzene rings is 5. The van der Waals surface area contributed by atoms with E-state index in [1.165, 1.54) is 13.2 Å². The Bertz CT molecular complexity index is 2000. The van der Waals surface area contributed by atoms with Gasteiger partial charge >= 0.3 is 6.03 Å². The lowest BCUT2D eigenvalue weighted by atomic mass is 10.0. The highest BCUT2D eigenvalue weighted by Crippen LogP contribution is 2.35. The monoisotopic (exact) mass is 636 g/mol. The van der Waals surface area contributed by atoms with Crippen molar-refractivity contribution in [3.8, 4) is 11.5 Å². The summed E-state index contributed by atoms with van der Waals surface area (Å²) in [5.41, 5.74) is 2.73. The highest BCUT2D eigenvalue weighted by Gasteiger charge is 2.44. The lowest BCUT2D eigenvalue weighted by molar-refractivity contribution is -0.121. The van der Waals surface area contributed by atoms with E-state index >= 15 is 0 Å². The third-order valence-electron chi connectivity index (χ3n) is 7.45. The molecule has 5 aromatic carbocycles. The Balaban J connectivity index is 1.40. The van der Waals surface area contributed by atoms with Crippen molar-refractivity contribution < 1.29 is 23.9 Å². The molecular weight excluding hydrogens is 611 g/mol. The molecule has 9 heteroatoms. The topological polar surface area (TPSA) is 76.2 Å². The fourth-order valence-corrected chi connectivity index (χ4v) is 5.58. The molecule has 4 amide bonds. The van der Waals surface area contributed by atoms with Crippen LogP contribution in [0.5, 0.6) is 11.5 Å². The number of anilines is 2. The van der Waals surface area contributed by atoms with Gasteiger partial charge in [0.25, 0.3) is 11.8 Å². The number of barbiturate groups is 1. The molecule has 0 bridgehead atoms. The van der Waals surface area contributed by atoms with Crippen LogP contribution in [0.4, 0.5) is 16.2 Å². The fourth-order valence-electron chi connectivity index (χ4n) is 5.12. The van der Waals surface area contributed by atoms with E-state index in [4.69, 9.17) is 32.7 Å². The second kappa shape index (κ2) is 12.5. The Kier molecular flexibility index (Phi) is 8.30. The Morgan fingerprint density at radius 3 is 2.24 bits per heavy atom. The molecule has 45 heavy (non-hydrogen) atoms. The number of fused-ring (bicyclic) bond motifs is 1. The van der Waals surface area contributed by atoms with E-state index in [1.807, 2.05) is 37.3 Å². The summed E-state index contributed by atoms with van der Waals surface area (Å²) in [6.07, 6.45) is 1.46. The van der Waals surface area contributed by atoms with Gasteiger partial charge in [0.2, 0.25) is 0 Å². The first-order valence-electron chi connectivity index (χ1n) is 14.0. The number of nitrogens with zero attached hydrogens (tertiary/aromatic N) is 2. The van der Waals surface area contributed by atoms with Gasteiger partial charge in [-0.1, -0.05) is 89.4 Å². The summed E-state index contributed by atoms with van der Waals surface area (Å²) in [7, 11) is 1.49. The van der Waals surface area contributed by atoms with Gasteiger partial charge in [0.15, 0.2) is 11.5 Å². The predicted octanol–water partition coefficient (Wildman–Crippen LogP) is 8.63. The Hall–Kier alpha value is -5.11. The molecule has 1 saturated heterocycles. The number of hydrogen-bond acceptors (Lipinski definition) is 5. The van der Waals surface area contributed by atoms with Crippen LogP contribution in [-0.2, 0) is 16.2 Å². The van der Waals surface area contributed by atoms with Crippen molar-refractivity contribution in [1.82, 2.24) is 0 Å². The molecular formula is C36H26Cl2N2O5. The summed E-state index contributed by atoms with van der Waals surface area (Å²) in [4.78, 5) is 44.1. The van der Waals surface area contributed by atoms with E-state index in [-0.39, 0.29) is 12.2 Å². The third-order valence-corrected chi connectivity index (χ3v) is 8.03. The number of imide groups is 2. The van der Waals surface area contributed by atoms with Crippen molar-refractivity contribution in [2.75, 3.05) is 16.9 Å². The van der Waals surface area contributed by atoms with E-state index in [9.17, 15) is 14.4 Å². The van der Waals surface area contributed by atoms with Crippen molar-refractivity contribution in [2.24, 2.45) is 0 Å². The van der Waals surface area contributed by atoms with Gasteiger partial charge in [-0.25, -0.2) is 14.6 Å². The minimum Gasteiger partial charge on any atom is -0.493 e. The van der Waals surface area contributed by atoms with E-state index in [0.29, 0.717) is 43.9 Å². The van der Waals surface area contributed by atoms with Gasteiger partial charge < -0.3 is 9.47 Å². The molecule has 1 aliphatic rings. The number of amides is 4. The average molecular weight is 638 g/mol. The van der Waals surface area contributed by atoms with E-state index in [0.717, 1.165) is 26.3 Å². The van der Waals surface area contributed by atoms with E-state index in [1.54, 1.807) is 72.8 Å². The van der Waals surface area contributed by atoms with Crippen LogP contribution in [0.1, 0.15) is 16.7 Å². The molecule has 0 aliphatic carbocycles. The summed E-state index contributed by atoms with van der Waals surface area (Å²) >= 11 is 12.3. The Morgan fingerprint density at radius 1 is 0.756 bits per heavy atom. The molecule has 0 saturated carbocycles. The second-order valence-corrected chi connectivity index (χ2v) is 11.2. The predicted molar refractivity (Wildman–Crippen MR) is 177 cm³/mol. The minimum absolute atomic E-state index is 0.164. The van der Waals surface area contributed by atoms with E-state index in [2.05, 4.69) is 0 Å². The Labute approximate surface area is 269 Å². The molecule has 0 unspecified atom stereocenters. The number of aryl methyl sites for hydroxylation is 1. The maximum Gasteiger partial charge on any atom is 0.343 e. The summed E-state index contributed by atoms with van der Waals surface area (Å²) in [5, 5.41) is 2.54. The van der Waals surface area contributed by atoms with Gasteiger partial charge in [-0.15, -0.1) is 0 Å². The van der Waals surface area contributed by atoms with Gasteiger partial charge in [0, 0.05) is 21.0 Å². The summed E-state index contributed by atoms with van der Waals surface area (Å²) in [6.45, 7) is 2.07. The molecule has 6 rings (SSSR count). The van der Waals surface area contributed by atoms with Crippen LogP contribution in [-0.4, -0.2) is 25.0 Å². The molecule has 0 atom stereocenters. The number of hydrogen-bond donors (Lipinski definition) is 0. The zero-order chi connectivity index (χ0) is 31.7. The highest BCUT2D eigenvalue weighted by atomic mass is 35.5. The number of urea groups is 1. The molecule has 1 heterocycles. The zero-order valence-corrected chi connectivity index (χ0v) is 25.8. The normalized spacial score (nSPS) is 14.4. The first-order valence-corrected chi connectivity index (χ1v) is 14.7. The second-order valence-electron chi connectivity index (χ2n) is 10.4. The van der Waals surface area contributed by atoms with Crippen molar-refractivity contribution in [3.05, 3.63) is 135 Å². The van der Waals surface area contributed by atoms with Gasteiger partial charge in [0.1, 0.15) is 12.2 Å². The van der Waals surface area contributed by atoms with Crippen LogP contribution in [0.2, 0.25) is 10.0 Å². The van der Waals surface area contributed by atoms with Crippen LogP contribution >= 0.6 is 23.2 Å². The molecule has 0 radical (unpaired) electrons. The van der Waals surface area contributed by atoms with Crippen molar-refractivity contribution >= 4 is 69.3 Å². The number of methoxy groups -OCH3 is 1. The molecule has 5 aromatic rings. The highest BCUT2D eigenvalue weighted by molar-refractivity contribution is 6.47. The number of carbonyl (C=O) groups is 3. The summed E-state index contributed by atoms with van der Waals surface area (Å²) in [6, 6.07) is 29.2. The standard InChI is InChI=1S/C36H26Cl2N2O5/c1-22-10-15-27(16-11-22)39-34(41)29(35(42)40(36(39)43)31-9-5-7-24-6-3-4-8-28(24)31)18-23-12-17-32(33(19-23)44-2)45-21-25-13-14-26(37)20-30(25)38/h3-20H,21H2,1-2H3/b29-18+. The SMILES string of the molecule is COc1cc(/C=C2\C(=O)N(c3ccc(C)cc3)C(=O)N(c3cccc4ccccc34)C2=O)ccc1OCc1ccc(Cl)cc1Cl. The third kappa shape index (κ3) is 5.88. The lowest BCUT2D eigenvalue weighted by Gasteiger charge is -2.34. The van der Waals surface area contributed by atoms with Crippen LogP contribution in [0.3, 0.4) is 0 Å². The van der Waals surface area contributed by atoms with Crippen LogP contribution in [0.25, 0.3) is 16.8 Å². The number of rotatable bonds is 7. The molecule has 1 aliphatic heterocycles. The fraction of sp³-hybridized carbons (Fsp3) is 0.0833. The number of halogens is 2. The van der Waals surface area contributed by atoms with Crippen LogP contribution in [0, 0.1) is 6.92 Å². The number of ether oxygens (including phenoxy) is 2. The van der Waals surface area contributed by atoms with Crippen LogP contribution in [0.15, 0.2) is 109 Å². The van der Waals surface area contributed by atoms with Crippen molar-refractivity contribution in [2.45, 2.75) is 13.5 Å². The quantitative estimate of drug-likeness (QED) is 0.132. The minimum atomic E-state index is -0.760. The van der Waals surface area contributed by atoms with Crippen molar-refractivity contribution in [3.63, 3.8) is 0 Å². The smallest absolute Gasteiger partial charge is 0.343 e. The first kappa shape index (κ1) is 29.9. The Morgan fingerprint density at radius 2 is 1.49 bits per heavy atom. The van der Waals surface area contributed by atoms with Gasteiger partial charge in [-0.05, 0) is 66.4 Å². The summed E-state index contributed by atoms with van der Waals surface area (Å²) in [5.74, 6) is -0.660. The molecule has 0 aromatic heterocycles. The largest absolute Gasteiger partial charge is 0.493 e. The first-order chi connectivity index (χ1) is 21.7. The van der Waals surface area contributed by atoms with Gasteiger partial charge in [-0.3, -0.25) is 9.59 Å². The lowest BCUT2D eigenvalue weighted by Crippen LogP contribution is -2.57. The molecule has 1 fully saturated rings. The number of carbonyl (C=O) groups excluding carboxylic acids is 3. The van der Waals surface area contributed by atoms with Gasteiger partial charge in [0.05, 0.1) is 18.5 Å². The average Bonchev–Trinajstić information content (AvgIpc) is 3.04. The maximum atomic E-state index is 14.1. The molecule has 0 spiro atoms.